The maximum absolute atomic E-state index is 11.1. The molecule has 6 nitrogen and oxygen atoms in total. The van der Waals surface area contributed by atoms with E-state index in [-0.39, 0.29) is 17.4 Å². The van der Waals surface area contributed by atoms with E-state index in [1.807, 2.05) is 0 Å². The lowest BCUT2D eigenvalue weighted by Crippen LogP contribution is -2.30. The van der Waals surface area contributed by atoms with Crippen molar-refractivity contribution in [3.8, 4) is 0 Å². The molecule has 0 saturated heterocycles. The van der Waals surface area contributed by atoms with Gasteiger partial charge in [-0.25, -0.2) is 0 Å². The molecule has 0 radical (unpaired) electrons. The highest BCUT2D eigenvalue weighted by Gasteiger charge is 2.19. The summed E-state index contributed by atoms with van der Waals surface area (Å²) >= 11 is 0. The molecule has 0 aromatic heterocycles. The summed E-state index contributed by atoms with van der Waals surface area (Å²) in [7, 11) is -2.04. The summed E-state index contributed by atoms with van der Waals surface area (Å²) in [5, 5.41) is 3.07. The highest BCUT2D eigenvalue weighted by molar-refractivity contribution is 7.33. The first-order valence-electron chi connectivity index (χ1n) is 5.72. The van der Waals surface area contributed by atoms with Crippen LogP contribution in [-0.2, 0) is 13.7 Å². The van der Waals surface area contributed by atoms with Crippen LogP contribution in [0.1, 0.15) is 26.2 Å². The Bertz CT molecular complexity index is 178. The zero-order chi connectivity index (χ0) is 12.1. The molecule has 0 aromatic carbocycles. The smallest absolute Gasteiger partial charge is 0.329 e. The van der Waals surface area contributed by atoms with Gasteiger partial charge in [0.1, 0.15) is 6.61 Å². The first kappa shape index (κ1) is 19.8. The minimum absolute atomic E-state index is 0. The molecule has 0 aliphatic heterocycles. The van der Waals surface area contributed by atoms with Gasteiger partial charge in [-0.05, 0) is 11.0 Å². The van der Waals surface area contributed by atoms with Crippen molar-refractivity contribution in [2.75, 3.05) is 32.8 Å². The molecule has 0 amide bonds. The van der Waals surface area contributed by atoms with Crippen molar-refractivity contribution in [2.45, 2.75) is 26.2 Å². The first-order chi connectivity index (χ1) is 7.81. The molecule has 17 heavy (non-hydrogen) atoms. The number of hydrogen-bond acceptors (Lipinski definition) is 6. The lowest BCUT2D eigenvalue weighted by molar-refractivity contribution is 0.155. The number of hydrogen-bond donors (Lipinski definition) is 3. The number of nitrogens with two attached hydrogens (primary N) is 1. The van der Waals surface area contributed by atoms with E-state index in [2.05, 4.69) is 17.7 Å². The van der Waals surface area contributed by atoms with E-state index in [9.17, 15) is 4.57 Å². The van der Waals surface area contributed by atoms with E-state index in [4.69, 9.17) is 14.9 Å². The zero-order valence-corrected chi connectivity index (χ0v) is 10.8. The highest BCUT2D eigenvalue weighted by atomic mass is 31.1. The lowest BCUT2D eigenvalue weighted by Gasteiger charge is -1.99. The van der Waals surface area contributed by atoms with Crippen molar-refractivity contribution in [2.24, 2.45) is 5.73 Å². The lowest BCUT2D eigenvalue weighted by atomic mass is 10.3. The minimum atomic E-state index is -2.04. The molecule has 0 aliphatic rings. The van der Waals surface area contributed by atoms with Crippen LogP contribution >= 0.6 is 8.25 Å². The number of hydroxylamine groups is 1. The fourth-order valence-electron chi connectivity index (χ4n) is 0.982. The first-order valence-corrected chi connectivity index (χ1v) is 6.81. The van der Waals surface area contributed by atoms with E-state index in [0.29, 0.717) is 19.7 Å². The van der Waals surface area contributed by atoms with Gasteiger partial charge >= 0.3 is 8.25 Å². The molecule has 0 fully saturated rings. The van der Waals surface area contributed by atoms with Gasteiger partial charge in [-0.1, -0.05) is 19.8 Å². The Hall–Kier alpha value is 0.432. The van der Waals surface area contributed by atoms with Gasteiger partial charge in [-0.15, -0.1) is 10.0 Å². The Morgan fingerprint density at radius 2 is 2.00 bits per heavy atom. The quantitative estimate of drug-likeness (QED) is 0.198. The Balaban J connectivity index is 0. The Morgan fingerprint density at radius 3 is 2.65 bits per heavy atom. The monoisotopic (exact) mass is 282 g/mol. The largest absolute Gasteiger partial charge is 0.716 e. The van der Waals surface area contributed by atoms with Crippen molar-refractivity contribution >= 4 is 25.6 Å². The second-order valence-electron chi connectivity index (χ2n) is 3.29. The Labute approximate surface area is 115 Å². The summed E-state index contributed by atoms with van der Waals surface area (Å²) in [6.07, 6.45) is 3.12. The van der Waals surface area contributed by atoms with Crippen molar-refractivity contribution in [3.05, 3.63) is 0 Å². The summed E-state index contributed by atoms with van der Waals surface area (Å²) in [4.78, 5) is 0. The maximum atomic E-state index is 11.1. The van der Waals surface area contributed by atoms with E-state index in [1.165, 1.54) is 0 Å². The third-order valence-electron chi connectivity index (χ3n) is 1.81. The van der Waals surface area contributed by atoms with Gasteiger partial charge in [-0.2, -0.15) is 0 Å². The molecule has 8 heteroatoms. The second-order valence-corrected chi connectivity index (χ2v) is 4.18. The number of unbranched alkanes of at least 4 members (excludes halogenated alkanes) is 2. The topological polar surface area (TPSA) is 85.6 Å². The molecule has 0 spiro atoms. The fourth-order valence-corrected chi connectivity index (χ4v) is 1.51. The van der Waals surface area contributed by atoms with Gasteiger partial charge in [-0.3, -0.25) is 0 Å². The third-order valence-corrected chi connectivity index (χ3v) is 2.48. The summed E-state index contributed by atoms with van der Waals surface area (Å²) < 4.78 is 20.8. The van der Waals surface area contributed by atoms with Crippen molar-refractivity contribution in [1.82, 2.24) is 10.8 Å². The van der Waals surface area contributed by atoms with E-state index in [0.717, 1.165) is 32.4 Å². The average Bonchev–Trinajstić information content (AvgIpc) is 2.29. The predicted molar refractivity (Wildman–Crippen MR) is 74.0 cm³/mol. The summed E-state index contributed by atoms with van der Waals surface area (Å²) in [5.41, 5.74) is 7.86. The Kier molecular flexibility index (Phi) is 19.1. The van der Waals surface area contributed by atoms with Gasteiger partial charge in [0.25, 0.3) is 0 Å². The molecule has 0 saturated carbocycles. The standard InChI is InChI=1S/C9H23N3O3P.Al.3H/c1-2-3-4-9-14-16(13)15-12-8-7-11-6-5-10;;;;/h11-12H,2-10H2,1H3;;;;/q+1;;;;. The number of rotatable bonds is 12. The van der Waals surface area contributed by atoms with Crippen molar-refractivity contribution < 1.29 is 13.7 Å². The minimum Gasteiger partial charge on any atom is -0.329 e. The maximum Gasteiger partial charge on any atom is 0.716 e. The number of nitrogens with one attached hydrogen (secondary N) is 2. The molecule has 0 bridgehead atoms. The van der Waals surface area contributed by atoms with Crippen LogP contribution in [0.25, 0.3) is 0 Å². The van der Waals surface area contributed by atoms with Crippen LogP contribution < -0.4 is 16.5 Å². The fraction of sp³-hybridized carbons (Fsp3) is 1.00. The zero-order valence-electron chi connectivity index (χ0n) is 9.91. The van der Waals surface area contributed by atoms with E-state index in [1.54, 1.807) is 0 Å². The molecule has 4 N–H and O–H groups in total. The van der Waals surface area contributed by atoms with Crippen LogP contribution in [0.5, 0.6) is 0 Å². The van der Waals surface area contributed by atoms with Gasteiger partial charge < -0.3 is 11.1 Å². The molecular weight excluding hydrogens is 256 g/mol. The van der Waals surface area contributed by atoms with Gasteiger partial charge in [0.2, 0.25) is 0 Å². The normalized spacial score (nSPS) is 11.1. The average molecular weight is 282 g/mol. The molecule has 102 valence electrons. The van der Waals surface area contributed by atoms with E-state index >= 15 is 0 Å². The van der Waals surface area contributed by atoms with Crippen LogP contribution in [0, 0.1) is 0 Å². The summed E-state index contributed by atoms with van der Waals surface area (Å²) in [5.74, 6) is 0. The van der Waals surface area contributed by atoms with E-state index < -0.39 is 8.25 Å². The molecule has 1 atom stereocenters. The van der Waals surface area contributed by atoms with Crippen LogP contribution in [0.2, 0.25) is 0 Å². The molecular formula is C9H26AlN3O3P+. The molecule has 0 heterocycles. The Morgan fingerprint density at radius 1 is 1.24 bits per heavy atom. The van der Waals surface area contributed by atoms with Crippen LogP contribution in [0.4, 0.5) is 0 Å². The van der Waals surface area contributed by atoms with Gasteiger partial charge in [0.05, 0.1) is 0 Å². The van der Waals surface area contributed by atoms with Crippen molar-refractivity contribution in [3.63, 3.8) is 0 Å². The SMILES string of the molecule is CCCCCO[P+](=O)ONCCNCCN.[AlH3]. The summed E-state index contributed by atoms with van der Waals surface area (Å²) in [6, 6.07) is 0. The molecule has 0 aliphatic carbocycles. The van der Waals surface area contributed by atoms with Crippen LogP contribution in [0.3, 0.4) is 0 Å². The predicted octanol–water partition coefficient (Wildman–Crippen LogP) is -0.264. The van der Waals surface area contributed by atoms with Crippen LogP contribution in [-0.4, -0.2) is 50.1 Å². The van der Waals surface area contributed by atoms with Crippen molar-refractivity contribution in [1.29, 1.82) is 0 Å². The molecule has 1 unspecified atom stereocenters. The van der Waals surface area contributed by atoms with Gasteiger partial charge in [0.15, 0.2) is 17.4 Å². The molecule has 0 aromatic rings. The third kappa shape index (κ3) is 16.4. The molecule has 0 rings (SSSR count). The van der Waals surface area contributed by atoms with Gasteiger partial charge in [0, 0.05) is 30.7 Å². The van der Waals surface area contributed by atoms with Crippen LogP contribution in [0.15, 0.2) is 0 Å². The highest BCUT2D eigenvalue weighted by Crippen LogP contribution is 2.21. The summed E-state index contributed by atoms with van der Waals surface area (Å²) in [6.45, 7) is 5.25. The second kappa shape index (κ2) is 16.4.